The van der Waals surface area contributed by atoms with Crippen molar-refractivity contribution in [1.29, 1.82) is 0 Å². The molecule has 2 aliphatic heterocycles. The number of nitrogens with one attached hydrogen (secondary N) is 3. The maximum absolute atomic E-state index is 14.7. The van der Waals surface area contributed by atoms with Crippen LogP contribution in [0.2, 0.25) is 0 Å². The molecule has 4 N–H and O–H groups in total. The number of aromatic nitrogens is 1. The Morgan fingerprint density at radius 2 is 1.44 bits per heavy atom. The molecule has 2 fully saturated rings. The van der Waals surface area contributed by atoms with Crippen LogP contribution in [0.5, 0.6) is 34.5 Å². The van der Waals surface area contributed by atoms with Gasteiger partial charge in [-0.3, -0.25) is 24.0 Å². The van der Waals surface area contributed by atoms with Gasteiger partial charge in [0.1, 0.15) is 30.0 Å². The zero-order valence-corrected chi connectivity index (χ0v) is 54.3. The molecule has 0 bridgehead atoms. The molecule has 2 aliphatic rings. The minimum Gasteiger partial charge on any atom is -0.493 e. The number of carbonyl (C=O) groups excluding carboxylic acids is 6. The number of piperidine rings is 1. The van der Waals surface area contributed by atoms with Crippen molar-refractivity contribution in [3.8, 4) is 44.9 Å². The van der Waals surface area contributed by atoms with Crippen molar-refractivity contribution in [1.82, 2.24) is 30.7 Å². The lowest BCUT2D eigenvalue weighted by atomic mass is 9.85. The molecule has 0 saturated carbocycles. The van der Waals surface area contributed by atoms with E-state index in [0.717, 1.165) is 46.5 Å². The Kier molecular flexibility index (Phi) is 25.1. The summed E-state index contributed by atoms with van der Waals surface area (Å²) in [6.07, 6.45) is 4.18. The van der Waals surface area contributed by atoms with Crippen molar-refractivity contribution in [2.45, 2.75) is 161 Å². The number of likely N-dealkylation sites (tertiary alicyclic amines) is 2. The molecule has 5 aromatic rings. The largest absolute Gasteiger partial charge is 0.493 e. The highest BCUT2D eigenvalue weighted by molar-refractivity contribution is 7.13. The summed E-state index contributed by atoms with van der Waals surface area (Å²) in [7, 11) is 7.69. The Labute approximate surface area is 527 Å². The summed E-state index contributed by atoms with van der Waals surface area (Å²) in [5, 5.41) is 19.7. The molecule has 0 spiro atoms. The minimum absolute atomic E-state index is 0.0280. The first-order valence-electron chi connectivity index (χ1n) is 30.8. The molecule has 2 saturated heterocycles. The van der Waals surface area contributed by atoms with Gasteiger partial charge in [-0.1, -0.05) is 89.1 Å². The molecule has 1 aromatic heterocycles. The predicted octanol–water partition coefficient (Wildman–Crippen LogP) is 9.77. The highest BCUT2D eigenvalue weighted by Gasteiger charge is 2.45. The number of aryl methyl sites for hydroxylation is 2. The minimum atomic E-state index is -0.947. The Morgan fingerprint density at radius 3 is 2.09 bits per heavy atom. The normalized spacial score (nSPS) is 17.1. The Hall–Kier alpha value is -7.91. The maximum Gasteiger partial charge on any atom is 0.329 e. The van der Waals surface area contributed by atoms with Crippen LogP contribution >= 0.6 is 11.3 Å². The number of hydrogen-bond acceptors (Lipinski definition) is 16. The van der Waals surface area contributed by atoms with Gasteiger partial charge in [-0.15, -0.1) is 11.3 Å². The Morgan fingerprint density at radius 1 is 0.742 bits per heavy atom. The average molecular weight is 1250 g/mol. The number of esters is 1. The van der Waals surface area contributed by atoms with Gasteiger partial charge in [0.2, 0.25) is 29.4 Å². The molecular formula is C68H90N6O14S. The summed E-state index contributed by atoms with van der Waals surface area (Å²) in [4.78, 5) is 92.6. The van der Waals surface area contributed by atoms with Crippen LogP contribution in [0.15, 0.2) is 84.4 Å². The number of β-amino-alcohol motifs (C(OH)–C–C–N with tert-alkyl or cyclic N) is 1. The quantitative estimate of drug-likeness (QED) is 0.0247. The summed E-state index contributed by atoms with van der Waals surface area (Å²) >= 11 is 1.57. The number of thiazole rings is 1. The molecule has 7 unspecified atom stereocenters. The lowest BCUT2D eigenvalue weighted by Crippen LogP contribution is -2.57. The SMILES string of the molecule is CCC(C(=O)N1CCCCC1C(=O)OC(CCc1ccc(OC)c(OC)c1)c1ccccc1OCC(=O)NCCCCCCC(=O)NC(C(=O)N1CC(O)CC1C(=O)NC(C)c1ccc(-c2scnc2C)cc1)C(C)(C)C)c1cc(OC)c(OC)c(OC)c1. The topological polar surface area (TPSA) is 243 Å². The number of aliphatic hydroxyl groups is 1. The van der Waals surface area contributed by atoms with Gasteiger partial charge in [-0.25, -0.2) is 9.78 Å². The smallest absolute Gasteiger partial charge is 0.329 e. The van der Waals surface area contributed by atoms with Crippen LogP contribution in [0.3, 0.4) is 0 Å². The van der Waals surface area contributed by atoms with E-state index in [1.165, 1.54) is 26.2 Å². The summed E-state index contributed by atoms with van der Waals surface area (Å²) in [5.74, 6) is -0.0982. The van der Waals surface area contributed by atoms with Crippen LogP contribution < -0.4 is 44.4 Å². The van der Waals surface area contributed by atoms with Gasteiger partial charge in [0.15, 0.2) is 29.6 Å². The third-order valence-corrected chi connectivity index (χ3v) is 17.6. The van der Waals surface area contributed by atoms with E-state index in [4.69, 9.17) is 33.2 Å². The second-order valence-electron chi connectivity index (χ2n) is 23.8. The van der Waals surface area contributed by atoms with Gasteiger partial charge in [0.05, 0.1) is 69.7 Å². The molecule has 482 valence electrons. The summed E-state index contributed by atoms with van der Waals surface area (Å²) < 4.78 is 40.5. The summed E-state index contributed by atoms with van der Waals surface area (Å²) in [5.41, 5.74) is 6.11. The van der Waals surface area contributed by atoms with Gasteiger partial charge in [-0.05, 0) is 123 Å². The Bertz CT molecular complexity index is 3180. The van der Waals surface area contributed by atoms with E-state index in [1.807, 2.05) is 102 Å². The highest BCUT2D eigenvalue weighted by Crippen LogP contribution is 2.42. The van der Waals surface area contributed by atoms with E-state index in [2.05, 4.69) is 20.9 Å². The number of benzene rings is 4. The van der Waals surface area contributed by atoms with E-state index in [-0.39, 0.29) is 55.7 Å². The van der Waals surface area contributed by atoms with Crippen LogP contribution in [0, 0.1) is 12.3 Å². The first-order chi connectivity index (χ1) is 42.7. The second kappa shape index (κ2) is 32.5. The molecule has 5 amide bonds. The number of hydrogen-bond donors (Lipinski definition) is 4. The molecule has 3 heterocycles. The van der Waals surface area contributed by atoms with Gasteiger partial charge in [-0.2, -0.15) is 0 Å². The summed E-state index contributed by atoms with van der Waals surface area (Å²) in [6, 6.07) is 21.1. The molecule has 7 rings (SSSR count). The molecule has 89 heavy (non-hydrogen) atoms. The van der Waals surface area contributed by atoms with Gasteiger partial charge in [0, 0.05) is 38.0 Å². The molecular weight excluding hydrogens is 1160 g/mol. The average Bonchev–Trinajstić information content (AvgIpc) is 2.23. The second-order valence-corrected chi connectivity index (χ2v) is 24.7. The maximum atomic E-state index is 14.7. The first-order valence-corrected chi connectivity index (χ1v) is 31.7. The van der Waals surface area contributed by atoms with Crippen LogP contribution in [0.1, 0.15) is 151 Å². The van der Waals surface area contributed by atoms with E-state index in [1.54, 1.807) is 54.7 Å². The number of unbranched alkanes of at least 4 members (excludes halogenated alkanes) is 3. The van der Waals surface area contributed by atoms with Crippen molar-refractivity contribution in [2.24, 2.45) is 5.41 Å². The van der Waals surface area contributed by atoms with Crippen LogP contribution in [0.4, 0.5) is 0 Å². The fraction of sp³-hybridized carbons (Fsp3) is 0.515. The number of nitrogens with zero attached hydrogens (tertiary/aromatic N) is 3. The Balaban J connectivity index is 0.912. The number of amides is 5. The third kappa shape index (κ3) is 17.9. The number of carbonyl (C=O) groups is 6. The lowest BCUT2D eigenvalue weighted by molar-refractivity contribution is -0.162. The van der Waals surface area contributed by atoms with Crippen LogP contribution in [-0.4, -0.2) is 141 Å². The first kappa shape index (κ1) is 68.6. The number of methoxy groups -OCH3 is 5. The molecule has 21 heteroatoms. The van der Waals surface area contributed by atoms with Crippen molar-refractivity contribution in [2.75, 3.05) is 61.8 Å². The van der Waals surface area contributed by atoms with Crippen LogP contribution in [-0.2, 0) is 39.9 Å². The predicted molar refractivity (Wildman–Crippen MR) is 340 cm³/mol. The zero-order chi connectivity index (χ0) is 64.4. The molecule has 20 nitrogen and oxygen atoms in total. The monoisotopic (exact) mass is 1250 g/mol. The van der Waals surface area contributed by atoms with Gasteiger partial charge >= 0.3 is 5.97 Å². The van der Waals surface area contributed by atoms with Gasteiger partial charge in [0.25, 0.3) is 5.91 Å². The van der Waals surface area contributed by atoms with Crippen molar-refractivity contribution >= 4 is 46.8 Å². The lowest BCUT2D eigenvalue weighted by Gasteiger charge is -2.37. The number of para-hydroxylation sites is 1. The van der Waals surface area contributed by atoms with Crippen molar-refractivity contribution < 1.29 is 67.0 Å². The fourth-order valence-corrected chi connectivity index (χ4v) is 12.5. The van der Waals surface area contributed by atoms with E-state index in [0.29, 0.717) is 104 Å². The number of rotatable bonds is 30. The fourth-order valence-electron chi connectivity index (χ4n) is 11.6. The van der Waals surface area contributed by atoms with E-state index < -0.39 is 53.5 Å². The van der Waals surface area contributed by atoms with Gasteiger partial charge < -0.3 is 64.0 Å². The standard InChI is InChI=1S/C68H90N6O14S/c1-12-49(47-36-57(84-9)61(86-11)58(37-47)85-10)65(79)73-34-20-18-22-51(73)67(81)88-54(31-25-44-26-32-55(82-7)56(35-44)83-8)50-21-16-17-23-53(50)87-40-60(77)69-33-19-14-13-15-24-59(76)72-63(68(4,5)6)66(80)74-39-48(75)38-52(74)64(78)71-42(2)45-27-29-46(30-28-45)62-43(3)70-41-89-62/h16-17,21,23,26-30,32,35-37,41-42,48-49,51-52,54,63,75H,12-15,18-20,22,24-25,31,33-34,38-40H2,1-11H3,(H,69,77)(H,71,78)(H,72,76). The van der Waals surface area contributed by atoms with Crippen LogP contribution in [0.25, 0.3) is 10.4 Å². The molecule has 0 aliphatic carbocycles. The van der Waals surface area contributed by atoms with Crippen molar-refractivity contribution in [3.05, 3.63) is 112 Å². The molecule has 7 atom stereocenters. The third-order valence-electron chi connectivity index (χ3n) is 16.6. The number of ether oxygens (including phenoxy) is 7. The van der Waals surface area contributed by atoms with Crippen molar-refractivity contribution in [3.63, 3.8) is 0 Å². The molecule has 0 radical (unpaired) electrons. The molecule has 4 aromatic carbocycles. The highest BCUT2D eigenvalue weighted by atomic mass is 32.1. The zero-order valence-electron chi connectivity index (χ0n) is 53.4. The number of aliphatic hydroxyl groups excluding tert-OH is 1. The van der Waals surface area contributed by atoms with E-state index >= 15 is 0 Å². The summed E-state index contributed by atoms with van der Waals surface area (Å²) in [6.45, 7) is 11.7. The van der Waals surface area contributed by atoms with E-state index in [9.17, 15) is 33.9 Å².